The molecule has 0 bridgehead atoms. The van der Waals surface area contributed by atoms with Gasteiger partial charge >= 0.3 is 0 Å². The molecule has 1 amide bonds. The first-order valence-corrected chi connectivity index (χ1v) is 15.3. The Morgan fingerprint density at radius 2 is 1.85 bits per heavy atom. The number of anilines is 1. The quantitative estimate of drug-likeness (QED) is 0.311. The number of sulfonamides is 1. The summed E-state index contributed by atoms with van der Waals surface area (Å²) in [7, 11) is -3.98. The van der Waals surface area contributed by atoms with E-state index in [1.54, 1.807) is 32.0 Å². The number of aryl methyl sites for hydroxylation is 1. The van der Waals surface area contributed by atoms with E-state index >= 15 is 0 Å². The molecule has 39 heavy (non-hydrogen) atoms. The first kappa shape index (κ1) is 27.4. The lowest BCUT2D eigenvalue weighted by molar-refractivity contribution is -0.131. The topological polar surface area (TPSA) is 105 Å². The van der Waals surface area contributed by atoms with Gasteiger partial charge in [-0.3, -0.25) is 19.4 Å². The third-order valence-electron chi connectivity index (χ3n) is 7.71. The van der Waals surface area contributed by atoms with Crippen LogP contribution in [0.25, 0.3) is 11.1 Å². The Balaban J connectivity index is 1.42. The minimum Gasteiger partial charge on any atom is -0.359 e. The number of unbranched alkanes of at least 4 members (excludes halogenated alkanes) is 1. The summed E-state index contributed by atoms with van der Waals surface area (Å²) in [5, 5.41) is 4.23. The minimum atomic E-state index is -3.98. The first-order chi connectivity index (χ1) is 18.6. The van der Waals surface area contributed by atoms with E-state index in [9.17, 15) is 13.2 Å². The summed E-state index contributed by atoms with van der Waals surface area (Å²) in [6.07, 6.45) is 6.45. The average Bonchev–Trinajstić information content (AvgIpc) is 3.59. The fourth-order valence-corrected chi connectivity index (χ4v) is 6.96. The number of carbonyl (C=O) groups excluding carboxylic acids is 1. The number of benzene rings is 2. The number of rotatable bonds is 9. The number of amidine groups is 1. The largest absolute Gasteiger partial charge is 0.359 e. The van der Waals surface area contributed by atoms with Crippen molar-refractivity contribution in [2.24, 2.45) is 4.99 Å². The number of hydrogen-bond donors (Lipinski definition) is 1. The van der Waals surface area contributed by atoms with Gasteiger partial charge in [0.2, 0.25) is 0 Å². The Morgan fingerprint density at radius 3 is 2.51 bits per heavy atom. The Hall–Kier alpha value is -3.17. The van der Waals surface area contributed by atoms with E-state index in [4.69, 9.17) is 21.1 Å². The van der Waals surface area contributed by atoms with Crippen molar-refractivity contribution >= 4 is 39.2 Å². The molecule has 1 saturated carbocycles. The van der Waals surface area contributed by atoms with Crippen molar-refractivity contribution in [2.75, 3.05) is 4.72 Å². The molecule has 0 atom stereocenters. The lowest BCUT2D eigenvalue weighted by Gasteiger charge is -2.23. The van der Waals surface area contributed by atoms with Crippen LogP contribution < -0.4 is 4.72 Å². The molecular weight excluding hydrogens is 536 g/mol. The second-order valence-corrected chi connectivity index (χ2v) is 12.4. The third kappa shape index (κ3) is 5.22. The highest BCUT2D eigenvalue weighted by Gasteiger charge is 2.49. The maximum atomic E-state index is 13.5. The van der Waals surface area contributed by atoms with Crippen LogP contribution in [-0.4, -0.2) is 35.8 Å². The van der Waals surface area contributed by atoms with Crippen LogP contribution >= 0.6 is 11.6 Å². The Kier molecular flexibility index (Phi) is 7.57. The van der Waals surface area contributed by atoms with Crippen LogP contribution in [-0.2, 0) is 21.4 Å². The summed E-state index contributed by atoms with van der Waals surface area (Å²) in [6.45, 7) is 5.98. The zero-order chi connectivity index (χ0) is 27.8. The number of nitrogens with one attached hydrogen (secondary N) is 1. The molecule has 10 heteroatoms. The number of nitrogens with zero attached hydrogens (tertiary/aromatic N) is 3. The van der Waals surface area contributed by atoms with Crippen LogP contribution in [0.2, 0.25) is 5.02 Å². The molecule has 3 aromatic rings. The molecule has 1 N–H and O–H groups in total. The molecule has 2 aliphatic rings. The van der Waals surface area contributed by atoms with Crippen molar-refractivity contribution in [3.8, 4) is 11.1 Å². The van der Waals surface area contributed by atoms with Gasteiger partial charge < -0.3 is 4.52 Å². The van der Waals surface area contributed by atoms with Gasteiger partial charge in [-0.25, -0.2) is 8.42 Å². The lowest BCUT2D eigenvalue weighted by Crippen LogP contribution is -2.40. The van der Waals surface area contributed by atoms with Gasteiger partial charge in [-0.2, -0.15) is 0 Å². The smallest absolute Gasteiger partial charge is 0.263 e. The Morgan fingerprint density at radius 1 is 1.10 bits per heavy atom. The van der Waals surface area contributed by atoms with Gasteiger partial charge in [0.1, 0.15) is 17.1 Å². The summed E-state index contributed by atoms with van der Waals surface area (Å²) >= 11 is 6.76. The molecule has 0 radical (unpaired) electrons. The van der Waals surface area contributed by atoms with Crippen molar-refractivity contribution in [2.45, 2.75) is 82.7 Å². The molecule has 1 aromatic heterocycles. The zero-order valence-electron chi connectivity index (χ0n) is 22.5. The summed E-state index contributed by atoms with van der Waals surface area (Å²) < 4.78 is 34.3. The lowest BCUT2D eigenvalue weighted by atomic mass is 9.98. The number of hydrogen-bond acceptors (Lipinski definition) is 6. The summed E-state index contributed by atoms with van der Waals surface area (Å²) in [6, 6.07) is 12.2. The zero-order valence-corrected chi connectivity index (χ0v) is 24.0. The molecule has 8 nitrogen and oxygen atoms in total. The monoisotopic (exact) mass is 568 g/mol. The van der Waals surface area contributed by atoms with Crippen LogP contribution in [0.1, 0.15) is 68.8 Å². The average molecular weight is 569 g/mol. The van der Waals surface area contributed by atoms with E-state index in [0.29, 0.717) is 34.0 Å². The second-order valence-electron chi connectivity index (χ2n) is 10.4. The number of amides is 1. The third-order valence-corrected chi connectivity index (χ3v) is 9.42. The molecule has 1 aliphatic carbocycles. The fourth-order valence-electron chi connectivity index (χ4n) is 5.37. The van der Waals surface area contributed by atoms with Crippen LogP contribution in [0.4, 0.5) is 5.82 Å². The number of aromatic nitrogens is 1. The number of aliphatic imine (C=N–C) groups is 1. The van der Waals surface area contributed by atoms with Crippen LogP contribution in [0.15, 0.2) is 56.9 Å². The summed E-state index contributed by atoms with van der Waals surface area (Å²) in [4.78, 5) is 20.4. The highest BCUT2D eigenvalue weighted by molar-refractivity contribution is 7.92. The Labute approximate surface area is 234 Å². The van der Waals surface area contributed by atoms with Gasteiger partial charge in [0.15, 0.2) is 5.82 Å². The van der Waals surface area contributed by atoms with E-state index in [1.165, 1.54) is 6.07 Å². The van der Waals surface area contributed by atoms with Crippen LogP contribution in [0.5, 0.6) is 0 Å². The predicted octanol–water partition coefficient (Wildman–Crippen LogP) is 6.66. The van der Waals surface area contributed by atoms with Crippen molar-refractivity contribution in [3.05, 3.63) is 64.4 Å². The standard InChI is InChI=1S/C29H33ClN4O4S/c1-4-5-12-26-31-29(15-8-9-16-29)28(35)34(26)18-21-13-14-22(24(30)17-21)23-10-6-7-11-25(23)39(36,37)33-27-19(2)20(3)38-32-27/h6-7,10-11,13-14,17H,4-5,8-9,12,15-16,18H2,1-3H3,(H,32,33). The molecule has 5 rings (SSSR count). The molecule has 2 aromatic carbocycles. The molecule has 2 heterocycles. The summed E-state index contributed by atoms with van der Waals surface area (Å²) in [5.74, 6) is 1.65. The van der Waals surface area contributed by atoms with E-state index in [-0.39, 0.29) is 16.6 Å². The molecule has 1 aliphatic heterocycles. The van der Waals surface area contributed by atoms with E-state index in [1.807, 2.05) is 23.1 Å². The highest BCUT2D eigenvalue weighted by Crippen LogP contribution is 2.41. The first-order valence-electron chi connectivity index (χ1n) is 13.4. The van der Waals surface area contributed by atoms with Crippen molar-refractivity contribution < 1.29 is 17.7 Å². The maximum absolute atomic E-state index is 13.5. The van der Waals surface area contributed by atoms with Gasteiger partial charge in [0.05, 0.1) is 11.4 Å². The van der Waals surface area contributed by atoms with Crippen molar-refractivity contribution in [3.63, 3.8) is 0 Å². The maximum Gasteiger partial charge on any atom is 0.263 e. The van der Waals surface area contributed by atoms with E-state index in [0.717, 1.165) is 56.3 Å². The fraction of sp³-hybridized carbons (Fsp3) is 0.414. The van der Waals surface area contributed by atoms with Crippen LogP contribution in [0, 0.1) is 13.8 Å². The van der Waals surface area contributed by atoms with Gasteiger partial charge in [-0.05, 0) is 50.8 Å². The van der Waals surface area contributed by atoms with Crippen molar-refractivity contribution in [1.82, 2.24) is 10.1 Å². The van der Waals surface area contributed by atoms with Crippen LogP contribution in [0.3, 0.4) is 0 Å². The van der Waals surface area contributed by atoms with E-state index < -0.39 is 15.6 Å². The molecule has 0 saturated heterocycles. The highest BCUT2D eigenvalue weighted by atomic mass is 35.5. The number of halogens is 1. The molecule has 1 spiro atoms. The second kappa shape index (κ2) is 10.8. The molecular formula is C29H33ClN4O4S. The van der Waals surface area contributed by atoms with Gasteiger partial charge in [-0.15, -0.1) is 0 Å². The molecule has 206 valence electrons. The molecule has 0 unspecified atom stereocenters. The van der Waals surface area contributed by atoms with Gasteiger partial charge in [0.25, 0.3) is 15.9 Å². The minimum absolute atomic E-state index is 0.0755. The normalized spacial score (nSPS) is 16.8. The summed E-state index contributed by atoms with van der Waals surface area (Å²) in [5.41, 5.74) is 1.94. The van der Waals surface area contributed by atoms with Crippen molar-refractivity contribution in [1.29, 1.82) is 0 Å². The number of carbonyl (C=O) groups is 1. The van der Waals surface area contributed by atoms with E-state index in [2.05, 4.69) is 16.8 Å². The predicted molar refractivity (Wildman–Crippen MR) is 152 cm³/mol. The molecule has 1 fully saturated rings. The Bertz CT molecular complexity index is 1540. The SMILES string of the molecule is CCCCC1=NC2(CCCC2)C(=O)N1Cc1ccc(-c2ccccc2S(=O)(=O)Nc2noc(C)c2C)c(Cl)c1. The van der Waals surface area contributed by atoms with Gasteiger partial charge in [-0.1, -0.05) is 73.3 Å². The van der Waals surface area contributed by atoms with Gasteiger partial charge in [0, 0.05) is 28.1 Å².